The summed E-state index contributed by atoms with van der Waals surface area (Å²) >= 11 is 1.54. The van der Waals surface area contributed by atoms with E-state index in [1.807, 2.05) is 36.7 Å². The largest absolute Gasteiger partial charge is 1.00 e. The molecule has 0 radical (unpaired) electrons. The molecule has 0 saturated heterocycles. The van der Waals surface area contributed by atoms with Gasteiger partial charge in [-0.05, 0) is 18.6 Å². The molecule has 0 aliphatic rings. The van der Waals surface area contributed by atoms with Crippen molar-refractivity contribution in [1.29, 1.82) is 0 Å². The van der Waals surface area contributed by atoms with Crippen molar-refractivity contribution < 1.29 is 33.8 Å². The third kappa shape index (κ3) is 3.01. The summed E-state index contributed by atoms with van der Waals surface area (Å²) in [7, 11) is 0. The molecule has 0 aliphatic heterocycles. The second-order valence-electron chi connectivity index (χ2n) is 4.42. The zero-order chi connectivity index (χ0) is 13.2. The fourth-order valence-electron chi connectivity index (χ4n) is 2.07. The number of aromatic nitrogens is 2. The van der Waals surface area contributed by atoms with Crippen LogP contribution in [-0.4, -0.2) is 17.3 Å². The first-order chi connectivity index (χ1) is 9.24. The van der Waals surface area contributed by atoms with E-state index in [4.69, 9.17) is 0 Å². The van der Waals surface area contributed by atoms with Crippen LogP contribution in [0.3, 0.4) is 0 Å². The smallest absolute Gasteiger partial charge is 0.331 e. The Morgan fingerprint density at radius 1 is 1.45 bits per heavy atom. The van der Waals surface area contributed by atoms with E-state index in [1.165, 1.54) is 5.56 Å². The number of hydrogen-bond acceptors (Lipinski definition) is 3. The van der Waals surface area contributed by atoms with Gasteiger partial charge in [0.15, 0.2) is 0 Å². The molecule has 0 bridgehead atoms. The summed E-state index contributed by atoms with van der Waals surface area (Å²) in [5.41, 5.74) is 2.92. The number of thiazole rings is 1. The predicted molar refractivity (Wildman–Crippen MR) is 76.7 cm³/mol. The summed E-state index contributed by atoms with van der Waals surface area (Å²) in [5.74, 6) is 0.0805. The van der Waals surface area contributed by atoms with Crippen molar-refractivity contribution in [1.82, 2.24) is 4.98 Å². The van der Waals surface area contributed by atoms with Crippen molar-refractivity contribution in [3.05, 3.63) is 47.1 Å². The molecule has 0 fully saturated rings. The summed E-state index contributed by atoms with van der Waals surface area (Å²) in [5, 5.41) is 6.89. The Morgan fingerprint density at radius 2 is 2.30 bits per heavy atom. The van der Waals surface area contributed by atoms with Crippen LogP contribution in [0.2, 0.25) is 0 Å². The summed E-state index contributed by atoms with van der Waals surface area (Å²) in [4.78, 5) is 18.4. The third-order valence-corrected chi connectivity index (χ3v) is 3.79. The molecule has 0 spiro atoms. The van der Waals surface area contributed by atoms with Crippen molar-refractivity contribution >= 4 is 33.2 Å². The van der Waals surface area contributed by atoms with Crippen LogP contribution in [0.5, 0.6) is 0 Å². The maximum Gasteiger partial charge on any atom is 0.331 e. The maximum atomic E-state index is 12.2. The van der Waals surface area contributed by atoms with Crippen molar-refractivity contribution in [2.24, 2.45) is 0 Å². The highest BCUT2D eigenvalue weighted by Crippen LogP contribution is 2.20. The van der Waals surface area contributed by atoms with Crippen molar-refractivity contribution in [2.75, 3.05) is 11.9 Å². The van der Waals surface area contributed by atoms with E-state index in [0.717, 1.165) is 21.6 Å². The number of rotatable bonds is 4. The van der Waals surface area contributed by atoms with Crippen LogP contribution in [-0.2, 0) is 0 Å². The first-order valence-electron chi connectivity index (χ1n) is 6.04. The molecule has 2 aromatic heterocycles. The number of H-pyrrole nitrogens is 2. The van der Waals surface area contributed by atoms with E-state index in [0.29, 0.717) is 0 Å². The Kier molecular flexibility index (Phi) is 4.77. The van der Waals surface area contributed by atoms with Gasteiger partial charge in [-0.1, -0.05) is 23.5 Å². The zero-order valence-electron chi connectivity index (χ0n) is 10.9. The van der Waals surface area contributed by atoms with Crippen LogP contribution in [0.25, 0.3) is 10.9 Å². The van der Waals surface area contributed by atoms with E-state index in [2.05, 4.69) is 15.3 Å². The molecular weight excluding hydrogens is 385 g/mol. The quantitative estimate of drug-likeness (QED) is 0.466. The van der Waals surface area contributed by atoms with Gasteiger partial charge in [-0.2, -0.15) is 0 Å². The molecule has 104 valence electrons. The lowest BCUT2D eigenvalue weighted by atomic mass is 10.1. The van der Waals surface area contributed by atoms with Gasteiger partial charge in [-0.25, -0.2) is 4.98 Å². The van der Waals surface area contributed by atoms with Gasteiger partial charge in [0.25, 0.3) is 0 Å². The number of fused-ring (bicyclic) bond motifs is 1. The third-order valence-electron chi connectivity index (χ3n) is 3.02. The van der Waals surface area contributed by atoms with Crippen LogP contribution in [0, 0.1) is 6.92 Å². The molecule has 0 atom stereocenters. The molecule has 3 N–H and O–H groups in total. The van der Waals surface area contributed by atoms with Crippen molar-refractivity contribution in [3.63, 3.8) is 0 Å². The first-order valence-corrected chi connectivity index (χ1v) is 6.92. The lowest BCUT2D eigenvalue weighted by molar-refractivity contribution is -0.354. The number of carbonyl (C=O) groups is 1. The number of ketones is 1. The molecule has 0 aliphatic carbocycles. The Bertz CT molecular complexity index is 721. The highest BCUT2D eigenvalue weighted by molar-refractivity contribution is 7.13. The molecule has 3 aromatic rings. The molecular formula is C14H14IN3OS. The van der Waals surface area contributed by atoms with Gasteiger partial charge in [0.2, 0.25) is 5.78 Å². The molecule has 0 amide bonds. The highest BCUT2D eigenvalue weighted by atomic mass is 127. The molecule has 20 heavy (non-hydrogen) atoms. The summed E-state index contributed by atoms with van der Waals surface area (Å²) < 4.78 is 0. The number of benzene rings is 1. The Balaban J connectivity index is 0.00000147. The van der Waals surface area contributed by atoms with Crippen LogP contribution in [0.1, 0.15) is 15.9 Å². The molecule has 3 rings (SSSR count). The molecule has 4 nitrogen and oxygen atoms in total. The number of carbonyl (C=O) groups excluding carboxylic acids is 1. The first kappa shape index (κ1) is 15.0. The van der Waals surface area contributed by atoms with E-state index < -0.39 is 0 Å². The van der Waals surface area contributed by atoms with E-state index >= 15 is 0 Å². The minimum absolute atomic E-state index is 0. The molecule has 0 saturated carbocycles. The van der Waals surface area contributed by atoms with Crippen LogP contribution >= 0.6 is 11.3 Å². The van der Waals surface area contributed by atoms with Gasteiger partial charge in [0, 0.05) is 28.0 Å². The Morgan fingerprint density at radius 3 is 3.05 bits per heavy atom. The maximum absolute atomic E-state index is 12.2. The summed E-state index contributed by atoms with van der Waals surface area (Å²) in [6, 6.07) is 6.06. The normalized spacial score (nSPS) is 10.2. The molecule has 1 aromatic carbocycles. The van der Waals surface area contributed by atoms with E-state index in [-0.39, 0.29) is 36.3 Å². The number of aromatic amines is 2. The molecule has 0 unspecified atom stereocenters. The average molecular weight is 399 g/mol. The van der Waals surface area contributed by atoms with Crippen LogP contribution in [0.4, 0.5) is 5.13 Å². The predicted octanol–water partition coefficient (Wildman–Crippen LogP) is -0.349. The fourth-order valence-corrected chi connectivity index (χ4v) is 2.63. The van der Waals surface area contributed by atoms with Gasteiger partial charge in [-0.3, -0.25) is 10.1 Å². The number of anilines is 1. The van der Waals surface area contributed by atoms with Gasteiger partial charge < -0.3 is 29.0 Å². The second-order valence-corrected chi connectivity index (χ2v) is 5.34. The SMILES string of the molecule is Cc1ccc2c(C(=O)CNc3[nH+]ccs3)c[nH]c2c1.[I-]. The topological polar surface area (TPSA) is 59.0 Å². The molecule has 6 heteroatoms. The van der Waals surface area contributed by atoms with Crippen LogP contribution in [0.15, 0.2) is 36.0 Å². The van der Waals surface area contributed by atoms with Gasteiger partial charge in [0.05, 0.1) is 6.20 Å². The monoisotopic (exact) mass is 399 g/mol. The van der Waals surface area contributed by atoms with Gasteiger partial charge in [0.1, 0.15) is 6.54 Å². The zero-order valence-corrected chi connectivity index (χ0v) is 13.8. The summed E-state index contributed by atoms with van der Waals surface area (Å²) in [6.07, 6.45) is 3.62. The van der Waals surface area contributed by atoms with Crippen molar-refractivity contribution in [2.45, 2.75) is 6.92 Å². The fraction of sp³-hybridized carbons (Fsp3) is 0.143. The lowest BCUT2D eigenvalue weighted by Gasteiger charge is -1.97. The lowest BCUT2D eigenvalue weighted by Crippen LogP contribution is -3.00. The average Bonchev–Trinajstić information content (AvgIpc) is 3.04. The summed E-state index contributed by atoms with van der Waals surface area (Å²) in [6.45, 7) is 2.33. The van der Waals surface area contributed by atoms with Gasteiger partial charge >= 0.3 is 5.13 Å². The Hall–Kier alpha value is -1.41. The highest BCUT2D eigenvalue weighted by Gasteiger charge is 2.14. The van der Waals surface area contributed by atoms with Gasteiger partial charge in [-0.15, -0.1) is 0 Å². The number of halogens is 1. The number of Topliss-reactive ketones (excluding diaryl/α,β-unsaturated/α-hetero) is 1. The van der Waals surface area contributed by atoms with E-state index in [9.17, 15) is 4.79 Å². The number of aryl methyl sites for hydroxylation is 1. The number of nitrogens with one attached hydrogen (secondary N) is 3. The molecule has 2 heterocycles. The Labute approximate surface area is 137 Å². The minimum atomic E-state index is 0. The second kappa shape index (κ2) is 6.36. The minimum Gasteiger partial charge on any atom is -1.00 e. The number of hydrogen-bond donors (Lipinski definition) is 2. The van der Waals surface area contributed by atoms with Crippen LogP contribution < -0.4 is 34.3 Å². The van der Waals surface area contributed by atoms with E-state index in [1.54, 1.807) is 17.5 Å². The van der Waals surface area contributed by atoms with Crippen molar-refractivity contribution in [3.8, 4) is 0 Å². The standard InChI is InChI=1S/C14H13N3OS.HI/c1-9-2-3-10-11(7-16-12(10)6-9)13(18)8-17-14-15-4-5-19-14;/h2-7,16H,8H2,1H3,(H,15,17);1H.